The molecule has 0 radical (unpaired) electrons. The molecule has 1 amide bonds. The molecule has 1 atom stereocenters. The summed E-state index contributed by atoms with van der Waals surface area (Å²) in [7, 11) is 0. The highest BCUT2D eigenvalue weighted by Gasteiger charge is 2.32. The molecule has 2 aromatic rings. The zero-order valence-corrected chi connectivity index (χ0v) is 17.7. The van der Waals surface area contributed by atoms with Crippen molar-refractivity contribution < 1.29 is 9.53 Å². The van der Waals surface area contributed by atoms with Crippen molar-refractivity contribution in [3.8, 4) is 0 Å². The molecular weight excluding hydrogens is 372 g/mol. The van der Waals surface area contributed by atoms with Crippen molar-refractivity contribution in [1.29, 1.82) is 0 Å². The van der Waals surface area contributed by atoms with Crippen molar-refractivity contribution in [2.24, 2.45) is 11.8 Å². The first-order valence-corrected chi connectivity index (χ1v) is 11.5. The molecule has 3 saturated heterocycles. The molecule has 6 rings (SSSR count). The summed E-state index contributed by atoms with van der Waals surface area (Å²) >= 11 is 0. The van der Waals surface area contributed by atoms with E-state index >= 15 is 0 Å². The van der Waals surface area contributed by atoms with Crippen molar-refractivity contribution in [3.05, 3.63) is 65.7 Å². The van der Waals surface area contributed by atoms with Crippen LogP contribution < -0.4 is 4.90 Å². The molecule has 4 fully saturated rings. The van der Waals surface area contributed by atoms with Crippen molar-refractivity contribution in [1.82, 2.24) is 4.90 Å². The fourth-order valence-electron chi connectivity index (χ4n) is 5.34. The van der Waals surface area contributed by atoms with Crippen molar-refractivity contribution in [3.63, 3.8) is 0 Å². The maximum atomic E-state index is 13.1. The van der Waals surface area contributed by atoms with Gasteiger partial charge in [-0.1, -0.05) is 30.3 Å². The summed E-state index contributed by atoms with van der Waals surface area (Å²) in [6.07, 6.45) is 6.51. The Morgan fingerprint density at radius 1 is 0.833 bits per heavy atom. The number of hydrogen-bond donors (Lipinski definition) is 0. The number of anilines is 1. The molecule has 4 aliphatic rings. The minimum atomic E-state index is 0.214. The Balaban J connectivity index is 1.17. The Morgan fingerprint density at radius 2 is 1.50 bits per heavy atom. The van der Waals surface area contributed by atoms with Gasteiger partial charge in [0.05, 0.1) is 12.7 Å². The summed E-state index contributed by atoms with van der Waals surface area (Å²) < 4.78 is 6.12. The third-order valence-electron chi connectivity index (χ3n) is 7.16. The van der Waals surface area contributed by atoms with Gasteiger partial charge in [0.25, 0.3) is 5.91 Å². The van der Waals surface area contributed by atoms with Gasteiger partial charge in [-0.05, 0) is 73.8 Å². The van der Waals surface area contributed by atoms with Crippen LogP contribution in [0.25, 0.3) is 0 Å². The monoisotopic (exact) mass is 404 g/mol. The Morgan fingerprint density at radius 3 is 2.17 bits per heavy atom. The Kier molecular flexibility index (Phi) is 5.76. The van der Waals surface area contributed by atoms with Crippen LogP contribution in [0.15, 0.2) is 54.6 Å². The second-order valence-corrected chi connectivity index (χ2v) is 9.30. The van der Waals surface area contributed by atoms with Crippen molar-refractivity contribution >= 4 is 11.6 Å². The van der Waals surface area contributed by atoms with Crippen molar-refractivity contribution in [2.75, 3.05) is 31.1 Å². The van der Waals surface area contributed by atoms with E-state index in [1.165, 1.54) is 36.9 Å². The molecule has 30 heavy (non-hydrogen) atoms. The summed E-state index contributed by atoms with van der Waals surface area (Å²) in [5.74, 6) is 1.64. The van der Waals surface area contributed by atoms with Gasteiger partial charge in [-0.3, -0.25) is 4.79 Å². The number of hydrogen-bond acceptors (Lipinski definition) is 3. The molecule has 2 bridgehead atoms. The number of carbonyl (C=O) groups is 1. The Labute approximate surface area is 179 Å². The number of nitrogens with zero attached hydrogens (tertiary/aromatic N) is 2. The quantitative estimate of drug-likeness (QED) is 0.721. The molecule has 4 heteroatoms. The molecule has 3 aliphatic heterocycles. The van der Waals surface area contributed by atoms with E-state index in [1.54, 1.807) is 0 Å². The first-order valence-electron chi connectivity index (χ1n) is 11.5. The van der Waals surface area contributed by atoms with Crippen LogP contribution in [-0.4, -0.2) is 43.1 Å². The standard InChI is InChI=1S/C26H32N2O2/c29-26(28-16-20-6-7-21(17-28)9-8-20)23-10-12-24(13-11-23)27-15-14-25(18-27)30-19-22-4-2-1-3-5-22/h1-5,10-13,20-21,25H,6-9,14-19H2/t20?,21?,25-/m1/s1. The molecule has 3 heterocycles. The second kappa shape index (κ2) is 8.81. The van der Waals surface area contributed by atoms with Gasteiger partial charge in [0, 0.05) is 37.4 Å². The number of benzene rings is 2. The highest BCUT2D eigenvalue weighted by molar-refractivity contribution is 5.94. The van der Waals surface area contributed by atoms with Gasteiger partial charge in [-0.2, -0.15) is 0 Å². The Bertz CT molecular complexity index is 829. The highest BCUT2D eigenvalue weighted by Crippen LogP contribution is 2.34. The molecule has 158 valence electrons. The van der Waals surface area contributed by atoms with Gasteiger partial charge in [0.1, 0.15) is 0 Å². The van der Waals surface area contributed by atoms with Crippen LogP contribution in [0.4, 0.5) is 5.69 Å². The summed E-state index contributed by atoms with van der Waals surface area (Å²) in [5.41, 5.74) is 3.24. The van der Waals surface area contributed by atoms with Crippen molar-refractivity contribution in [2.45, 2.75) is 44.8 Å². The van der Waals surface area contributed by atoms with Gasteiger partial charge >= 0.3 is 0 Å². The van der Waals surface area contributed by atoms with Crippen LogP contribution in [0.1, 0.15) is 48.0 Å². The third kappa shape index (κ3) is 4.39. The smallest absolute Gasteiger partial charge is 0.253 e. The lowest BCUT2D eigenvalue weighted by atomic mass is 9.84. The summed E-state index contributed by atoms with van der Waals surface area (Å²) in [6.45, 7) is 4.48. The van der Waals surface area contributed by atoms with E-state index in [0.717, 1.165) is 38.2 Å². The van der Waals surface area contributed by atoms with E-state index in [2.05, 4.69) is 46.2 Å². The maximum Gasteiger partial charge on any atom is 0.253 e. The topological polar surface area (TPSA) is 32.8 Å². The van der Waals surface area contributed by atoms with E-state index in [4.69, 9.17) is 4.74 Å². The number of amides is 1. The predicted octanol–water partition coefficient (Wildman–Crippen LogP) is 4.74. The lowest BCUT2D eigenvalue weighted by molar-refractivity contribution is 0.0553. The van der Waals surface area contributed by atoms with E-state index in [0.29, 0.717) is 18.4 Å². The molecule has 0 unspecified atom stereocenters. The van der Waals surface area contributed by atoms with Gasteiger partial charge in [0.15, 0.2) is 0 Å². The summed E-state index contributed by atoms with van der Waals surface area (Å²) in [6, 6.07) is 18.6. The lowest BCUT2D eigenvalue weighted by Gasteiger charge is -2.23. The number of fused-ring (bicyclic) bond motifs is 4. The Hall–Kier alpha value is -2.33. The van der Waals surface area contributed by atoms with Crippen LogP contribution in [0.5, 0.6) is 0 Å². The second-order valence-electron chi connectivity index (χ2n) is 9.30. The molecule has 2 aromatic carbocycles. The molecule has 0 N–H and O–H groups in total. The van der Waals surface area contributed by atoms with Gasteiger partial charge in [0.2, 0.25) is 0 Å². The number of ether oxygens (including phenoxy) is 1. The van der Waals surface area contributed by atoms with Gasteiger partial charge in [-0.25, -0.2) is 0 Å². The van der Waals surface area contributed by atoms with E-state index in [-0.39, 0.29) is 12.0 Å². The zero-order chi connectivity index (χ0) is 20.3. The van der Waals surface area contributed by atoms with Gasteiger partial charge < -0.3 is 14.5 Å². The molecule has 1 saturated carbocycles. The lowest BCUT2D eigenvalue weighted by Crippen LogP contribution is -2.34. The highest BCUT2D eigenvalue weighted by atomic mass is 16.5. The summed E-state index contributed by atoms with van der Waals surface area (Å²) in [5, 5.41) is 0. The first-order chi connectivity index (χ1) is 14.7. The average molecular weight is 405 g/mol. The van der Waals surface area contributed by atoms with E-state index < -0.39 is 0 Å². The zero-order valence-electron chi connectivity index (χ0n) is 17.7. The van der Waals surface area contributed by atoms with Crippen LogP contribution in [0.2, 0.25) is 0 Å². The number of carbonyl (C=O) groups excluding carboxylic acids is 1. The van der Waals surface area contributed by atoms with E-state index in [9.17, 15) is 4.79 Å². The SMILES string of the molecule is O=C(c1ccc(N2CC[C@@H](OCc3ccccc3)C2)cc1)N1CC2CCC(CC2)C1. The first kappa shape index (κ1) is 19.6. The minimum Gasteiger partial charge on any atom is -0.372 e. The van der Waals surface area contributed by atoms with E-state index in [1.807, 2.05) is 18.2 Å². The molecule has 1 aliphatic carbocycles. The minimum absolute atomic E-state index is 0.214. The van der Waals surface area contributed by atoms with Crippen LogP contribution in [-0.2, 0) is 11.3 Å². The normalized spacial score (nSPS) is 26.1. The molecule has 0 aromatic heterocycles. The van der Waals surface area contributed by atoms with Crippen LogP contribution in [0, 0.1) is 11.8 Å². The largest absolute Gasteiger partial charge is 0.372 e. The average Bonchev–Trinajstić information content (AvgIpc) is 3.07. The number of rotatable bonds is 5. The van der Waals surface area contributed by atoms with Crippen LogP contribution in [0.3, 0.4) is 0 Å². The molecule has 0 spiro atoms. The maximum absolute atomic E-state index is 13.1. The fourth-order valence-corrected chi connectivity index (χ4v) is 5.34. The third-order valence-corrected chi connectivity index (χ3v) is 7.16. The molecular formula is C26H32N2O2. The fraction of sp³-hybridized carbons (Fsp3) is 0.500. The van der Waals surface area contributed by atoms with Gasteiger partial charge in [-0.15, -0.1) is 0 Å². The molecule has 4 nitrogen and oxygen atoms in total. The summed E-state index contributed by atoms with van der Waals surface area (Å²) in [4.78, 5) is 17.6. The predicted molar refractivity (Wildman–Crippen MR) is 120 cm³/mol. The van der Waals surface area contributed by atoms with Crippen LogP contribution >= 0.6 is 0 Å².